The molecule has 2 N–H and O–H groups in total. The second-order valence-corrected chi connectivity index (χ2v) is 2.90. The van der Waals surface area contributed by atoms with Gasteiger partial charge in [-0.2, -0.15) is 0 Å². The molecule has 1 heterocycles. The fourth-order valence-corrected chi connectivity index (χ4v) is 1.29. The van der Waals surface area contributed by atoms with Crippen LogP contribution in [0.4, 0.5) is 0 Å². The van der Waals surface area contributed by atoms with Crippen LogP contribution >= 0.6 is 0 Å². The van der Waals surface area contributed by atoms with Gasteiger partial charge in [0.2, 0.25) is 0 Å². The number of nitrogens with one attached hydrogen (secondary N) is 2. The Hall–Kier alpha value is -0.610. The second kappa shape index (κ2) is 5.11. The molecule has 70 valence electrons. The maximum Gasteiger partial charge on any atom is 0.260 e. The van der Waals surface area contributed by atoms with Gasteiger partial charge in [-0.15, -0.1) is 0 Å². The van der Waals surface area contributed by atoms with Gasteiger partial charge in [0.15, 0.2) is 0 Å². The summed E-state index contributed by atoms with van der Waals surface area (Å²) in [6.07, 6.45) is 3.20. The lowest BCUT2D eigenvalue weighted by atomic mass is 10.1. The zero-order chi connectivity index (χ0) is 8.81. The zero-order valence-corrected chi connectivity index (χ0v) is 7.43. The van der Waals surface area contributed by atoms with E-state index in [2.05, 4.69) is 10.8 Å². The van der Waals surface area contributed by atoms with E-state index in [0.717, 1.165) is 19.4 Å². The Morgan fingerprint density at radius 2 is 2.50 bits per heavy atom. The largest absolute Gasteiger partial charge is 0.306 e. The molecule has 0 aromatic heterocycles. The van der Waals surface area contributed by atoms with Gasteiger partial charge >= 0.3 is 0 Å². The van der Waals surface area contributed by atoms with Crippen molar-refractivity contribution in [3.8, 4) is 0 Å². The first-order valence-corrected chi connectivity index (χ1v) is 4.49. The molecular formula is C8H16N2O2. The third kappa shape index (κ3) is 2.79. The highest BCUT2D eigenvalue weighted by molar-refractivity contribution is 5.80. The van der Waals surface area contributed by atoms with Gasteiger partial charge in [0.05, 0.1) is 12.6 Å². The van der Waals surface area contributed by atoms with Crippen LogP contribution in [0.3, 0.4) is 0 Å². The van der Waals surface area contributed by atoms with Crippen molar-refractivity contribution in [1.29, 1.82) is 0 Å². The summed E-state index contributed by atoms with van der Waals surface area (Å²) >= 11 is 0. The van der Waals surface area contributed by atoms with Crippen LogP contribution in [0.25, 0.3) is 0 Å². The minimum Gasteiger partial charge on any atom is -0.306 e. The summed E-state index contributed by atoms with van der Waals surface area (Å²) in [6, 6.07) is -0.0506. The number of hydroxylamine groups is 1. The van der Waals surface area contributed by atoms with Gasteiger partial charge in [0.1, 0.15) is 0 Å². The molecule has 1 atom stereocenters. The van der Waals surface area contributed by atoms with Crippen LogP contribution in [0.15, 0.2) is 0 Å². The molecule has 0 spiro atoms. The standard InChI is InChI=1S/C8H16N2O2/c1-2-12-10-8(11)7-5-3-4-6-9-7/h7,9H,2-6H2,1H3,(H,10,11)/t7-/m0/s1. The molecule has 0 unspecified atom stereocenters. The Labute approximate surface area is 72.6 Å². The van der Waals surface area contributed by atoms with Crippen molar-refractivity contribution >= 4 is 5.91 Å². The van der Waals surface area contributed by atoms with Gasteiger partial charge in [-0.1, -0.05) is 6.42 Å². The topological polar surface area (TPSA) is 50.4 Å². The highest BCUT2D eigenvalue weighted by atomic mass is 16.6. The lowest BCUT2D eigenvalue weighted by molar-refractivity contribution is -0.135. The van der Waals surface area contributed by atoms with Gasteiger partial charge in [-0.25, -0.2) is 5.48 Å². The molecule has 0 radical (unpaired) electrons. The van der Waals surface area contributed by atoms with Gasteiger partial charge < -0.3 is 5.32 Å². The predicted octanol–water partition coefficient (Wildman–Crippen LogP) is 0.196. The number of hydrogen-bond donors (Lipinski definition) is 2. The summed E-state index contributed by atoms with van der Waals surface area (Å²) in [5.74, 6) is -0.0449. The van der Waals surface area contributed by atoms with Crippen LogP contribution in [-0.4, -0.2) is 25.1 Å². The number of piperidine rings is 1. The van der Waals surface area contributed by atoms with E-state index in [1.54, 1.807) is 0 Å². The SMILES string of the molecule is CCONC(=O)[C@@H]1CCCCN1. The molecule has 0 aromatic rings. The van der Waals surface area contributed by atoms with Crippen molar-refractivity contribution < 1.29 is 9.63 Å². The number of rotatable bonds is 3. The minimum atomic E-state index is -0.0506. The van der Waals surface area contributed by atoms with E-state index in [1.807, 2.05) is 6.92 Å². The summed E-state index contributed by atoms with van der Waals surface area (Å²) < 4.78 is 0. The fraction of sp³-hybridized carbons (Fsp3) is 0.875. The van der Waals surface area contributed by atoms with Crippen LogP contribution in [-0.2, 0) is 9.63 Å². The van der Waals surface area contributed by atoms with Crippen molar-refractivity contribution in [2.24, 2.45) is 0 Å². The van der Waals surface area contributed by atoms with Crippen LogP contribution in [0.1, 0.15) is 26.2 Å². The van der Waals surface area contributed by atoms with E-state index < -0.39 is 0 Å². The first-order chi connectivity index (χ1) is 5.84. The van der Waals surface area contributed by atoms with Crippen molar-refractivity contribution in [2.45, 2.75) is 32.2 Å². The first kappa shape index (κ1) is 9.48. The molecule has 12 heavy (non-hydrogen) atoms. The van der Waals surface area contributed by atoms with Crippen LogP contribution in [0, 0.1) is 0 Å². The van der Waals surface area contributed by atoms with Crippen LogP contribution < -0.4 is 10.8 Å². The van der Waals surface area contributed by atoms with E-state index in [1.165, 1.54) is 6.42 Å². The summed E-state index contributed by atoms with van der Waals surface area (Å²) in [6.45, 7) is 3.29. The Morgan fingerprint density at radius 3 is 3.08 bits per heavy atom. The van der Waals surface area contributed by atoms with Crippen LogP contribution in [0.5, 0.6) is 0 Å². The van der Waals surface area contributed by atoms with Crippen molar-refractivity contribution in [2.75, 3.05) is 13.2 Å². The highest BCUT2D eigenvalue weighted by Gasteiger charge is 2.19. The van der Waals surface area contributed by atoms with E-state index in [-0.39, 0.29) is 11.9 Å². The van der Waals surface area contributed by atoms with Gasteiger partial charge in [0, 0.05) is 0 Å². The Bertz CT molecular complexity index is 144. The smallest absolute Gasteiger partial charge is 0.260 e. The molecule has 1 aliphatic heterocycles. The first-order valence-electron chi connectivity index (χ1n) is 4.49. The molecule has 4 heteroatoms. The van der Waals surface area contributed by atoms with Crippen LogP contribution in [0.2, 0.25) is 0 Å². The zero-order valence-electron chi connectivity index (χ0n) is 7.43. The molecule has 1 fully saturated rings. The maximum atomic E-state index is 11.3. The number of hydrogen-bond acceptors (Lipinski definition) is 3. The minimum absolute atomic E-state index is 0.0449. The Balaban J connectivity index is 2.20. The summed E-state index contributed by atoms with van der Waals surface area (Å²) in [5.41, 5.74) is 2.40. The van der Waals surface area contributed by atoms with E-state index in [4.69, 9.17) is 4.84 Å². The van der Waals surface area contributed by atoms with Gasteiger partial charge in [-0.3, -0.25) is 9.63 Å². The summed E-state index contributed by atoms with van der Waals surface area (Å²) in [5, 5.41) is 3.14. The molecule has 1 aliphatic rings. The van der Waals surface area contributed by atoms with E-state index in [0.29, 0.717) is 6.61 Å². The maximum absolute atomic E-state index is 11.3. The molecule has 4 nitrogen and oxygen atoms in total. The number of amides is 1. The summed E-state index contributed by atoms with van der Waals surface area (Å²) in [4.78, 5) is 16.1. The van der Waals surface area contributed by atoms with Crippen molar-refractivity contribution in [1.82, 2.24) is 10.8 Å². The quantitative estimate of drug-likeness (QED) is 0.598. The molecule has 1 rings (SSSR count). The number of carbonyl (C=O) groups excluding carboxylic acids is 1. The third-order valence-electron chi connectivity index (χ3n) is 1.94. The molecule has 1 amide bonds. The number of carbonyl (C=O) groups is 1. The average Bonchev–Trinajstić information content (AvgIpc) is 2.15. The normalized spacial score (nSPS) is 23.6. The summed E-state index contributed by atoms with van der Waals surface area (Å²) in [7, 11) is 0. The third-order valence-corrected chi connectivity index (χ3v) is 1.94. The van der Waals surface area contributed by atoms with Crippen molar-refractivity contribution in [3.05, 3.63) is 0 Å². The molecule has 0 saturated carbocycles. The molecular weight excluding hydrogens is 156 g/mol. The Morgan fingerprint density at radius 1 is 1.67 bits per heavy atom. The molecule has 0 bridgehead atoms. The second-order valence-electron chi connectivity index (χ2n) is 2.90. The van der Waals surface area contributed by atoms with Gasteiger partial charge in [-0.05, 0) is 26.3 Å². The monoisotopic (exact) mass is 172 g/mol. The highest BCUT2D eigenvalue weighted by Crippen LogP contribution is 2.06. The lowest BCUT2D eigenvalue weighted by Gasteiger charge is -2.21. The predicted molar refractivity (Wildman–Crippen MR) is 45.4 cm³/mol. The van der Waals surface area contributed by atoms with Crippen molar-refractivity contribution in [3.63, 3.8) is 0 Å². The lowest BCUT2D eigenvalue weighted by Crippen LogP contribution is -2.46. The van der Waals surface area contributed by atoms with E-state index in [9.17, 15) is 4.79 Å². The Kier molecular flexibility index (Phi) is 4.04. The van der Waals surface area contributed by atoms with E-state index >= 15 is 0 Å². The molecule has 1 saturated heterocycles. The van der Waals surface area contributed by atoms with Gasteiger partial charge in [0.25, 0.3) is 5.91 Å². The average molecular weight is 172 g/mol. The molecule has 0 aliphatic carbocycles. The fourth-order valence-electron chi connectivity index (χ4n) is 1.29. The molecule has 0 aromatic carbocycles.